The van der Waals surface area contributed by atoms with Crippen LogP contribution in [0, 0.1) is 0 Å². The van der Waals surface area contributed by atoms with E-state index >= 15 is 0 Å². The minimum atomic E-state index is 0.645. The van der Waals surface area contributed by atoms with Gasteiger partial charge in [0.05, 0.1) is 16.8 Å². The predicted molar refractivity (Wildman–Crippen MR) is 92.2 cm³/mol. The SMILES string of the molecule is CCCCCCCCNc1cc(Cl)cc(Br)c1OCC. The summed E-state index contributed by atoms with van der Waals surface area (Å²) in [4.78, 5) is 0. The Hall–Kier alpha value is -0.410. The van der Waals surface area contributed by atoms with Gasteiger partial charge in [0.25, 0.3) is 0 Å². The lowest BCUT2D eigenvalue weighted by Crippen LogP contribution is -2.05. The van der Waals surface area contributed by atoms with Crippen LogP contribution in [-0.4, -0.2) is 13.2 Å². The molecule has 0 fully saturated rings. The summed E-state index contributed by atoms with van der Waals surface area (Å²) in [6.45, 7) is 5.83. The molecule has 20 heavy (non-hydrogen) atoms. The predicted octanol–water partition coefficient (Wildman–Crippen LogP) is 6.27. The maximum Gasteiger partial charge on any atom is 0.156 e. The molecule has 1 N–H and O–H groups in total. The number of benzene rings is 1. The molecule has 4 heteroatoms. The van der Waals surface area contributed by atoms with Crippen molar-refractivity contribution < 1.29 is 4.74 Å². The van der Waals surface area contributed by atoms with Crippen LogP contribution in [0.4, 0.5) is 5.69 Å². The normalized spacial score (nSPS) is 10.6. The Morgan fingerprint density at radius 1 is 1.10 bits per heavy atom. The van der Waals surface area contributed by atoms with Crippen LogP contribution in [-0.2, 0) is 0 Å². The van der Waals surface area contributed by atoms with E-state index in [0.717, 1.165) is 22.5 Å². The van der Waals surface area contributed by atoms with Gasteiger partial charge < -0.3 is 10.1 Å². The second-order valence-electron chi connectivity index (χ2n) is 4.89. The second-order valence-corrected chi connectivity index (χ2v) is 6.18. The smallest absolute Gasteiger partial charge is 0.156 e. The molecule has 0 aliphatic rings. The van der Waals surface area contributed by atoms with Crippen molar-refractivity contribution in [2.45, 2.75) is 52.4 Å². The summed E-state index contributed by atoms with van der Waals surface area (Å²) in [6.07, 6.45) is 7.78. The Bertz CT molecular complexity index is 398. The minimum absolute atomic E-state index is 0.645. The lowest BCUT2D eigenvalue weighted by molar-refractivity contribution is 0.339. The third-order valence-electron chi connectivity index (χ3n) is 3.14. The van der Waals surface area contributed by atoms with Gasteiger partial charge in [0, 0.05) is 11.6 Å². The number of hydrogen-bond donors (Lipinski definition) is 1. The summed E-state index contributed by atoms with van der Waals surface area (Å²) < 4.78 is 6.57. The van der Waals surface area contributed by atoms with Gasteiger partial charge in [-0.05, 0) is 41.4 Å². The van der Waals surface area contributed by atoms with E-state index in [9.17, 15) is 0 Å². The van der Waals surface area contributed by atoms with Gasteiger partial charge in [0.15, 0.2) is 5.75 Å². The number of hydrogen-bond acceptors (Lipinski definition) is 2. The summed E-state index contributed by atoms with van der Waals surface area (Å²) in [5, 5.41) is 4.14. The molecule has 0 aliphatic heterocycles. The number of anilines is 1. The van der Waals surface area contributed by atoms with E-state index in [0.29, 0.717) is 11.6 Å². The third kappa shape index (κ3) is 6.36. The van der Waals surface area contributed by atoms with Gasteiger partial charge in [-0.25, -0.2) is 0 Å². The number of ether oxygens (including phenoxy) is 1. The first-order chi connectivity index (χ1) is 9.69. The van der Waals surface area contributed by atoms with E-state index in [1.165, 1.54) is 38.5 Å². The van der Waals surface area contributed by atoms with Gasteiger partial charge in [0.2, 0.25) is 0 Å². The van der Waals surface area contributed by atoms with Crippen LogP contribution < -0.4 is 10.1 Å². The Morgan fingerprint density at radius 2 is 1.80 bits per heavy atom. The molecule has 0 unspecified atom stereocenters. The molecule has 0 saturated carbocycles. The first-order valence-electron chi connectivity index (χ1n) is 7.54. The first-order valence-corrected chi connectivity index (χ1v) is 8.71. The van der Waals surface area contributed by atoms with E-state index in [2.05, 4.69) is 28.2 Å². The maximum atomic E-state index is 6.09. The van der Waals surface area contributed by atoms with Gasteiger partial charge in [0.1, 0.15) is 0 Å². The standard InChI is InChI=1S/C16H25BrClNO/c1-3-5-6-7-8-9-10-19-15-12-13(18)11-14(17)16(15)20-4-2/h11-12,19H,3-10H2,1-2H3. The molecule has 0 spiro atoms. The highest BCUT2D eigenvalue weighted by Gasteiger charge is 2.09. The fourth-order valence-electron chi connectivity index (χ4n) is 2.11. The second kappa shape index (κ2) is 10.3. The Labute approximate surface area is 136 Å². The first kappa shape index (κ1) is 17.6. The lowest BCUT2D eigenvalue weighted by Gasteiger charge is -2.14. The average Bonchev–Trinajstić information content (AvgIpc) is 2.41. The number of rotatable bonds is 10. The molecule has 114 valence electrons. The van der Waals surface area contributed by atoms with Crippen LogP contribution in [0.25, 0.3) is 0 Å². The van der Waals surface area contributed by atoms with E-state index < -0.39 is 0 Å². The van der Waals surface area contributed by atoms with Gasteiger partial charge in [-0.2, -0.15) is 0 Å². The Kier molecular flexibility index (Phi) is 9.12. The van der Waals surface area contributed by atoms with Crippen LogP contribution in [0.1, 0.15) is 52.4 Å². The monoisotopic (exact) mass is 361 g/mol. The van der Waals surface area contributed by atoms with E-state index in [1.54, 1.807) is 0 Å². The lowest BCUT2D eigenvalue weighted by atomic mass is 10.1. The minimum Gasteiger partial charge on any atom is -0.491 e. The molecule has 1 rings (SSSR count). The molecule has 0 atom stereocenters. The van der Waals surface area contributed by atoms with Crippen molar-refractivity contribution in [3.8, 4) is 5.75 Å². The van der Waals surface area contributed by atoms with Crippen molar-refractivity contribution in [1.29, 1.82) is 0 Å². The Balaban J connectivity index is 2.42. The molecule has 2 nitrogen and oxygen atoms in total. The zero-order valence-corrected chi connectivity index (χ0v) is 14.8. The van der Waals surface area contributed by atoms with Crippen molar-refractivity contribution in [3.63, 3.8) is 0 Å². The number of halogens is 2. The largest absolute Gasteiger partial charge is 0.491 e. The molecule has 0 aliphatic carbocycles. The highest BCUT2D eigenvalue weighted by molar-refractivity contribution is 9.10. The molecular formula is C16H25BrClNO. The van der Waals surface area contributed by atoms with E-state index in [1.807, 2.05) is 19.1 Å². The highest BCUT2D eigenvalue weighted by atomic mass is 79.9. The average molecular weight is 363 g/mol. The molecule has 0 bridgehead atoms. The van der Waals surface area contributed by atoms with Gasteiger partial charge >= 0.3 is 0 Å². The van der Waals surface area contributed by atoms with Crippen molar-refractivity contribution in [2.75, 3.05) is 18.5 Å². The quantitative estimate of drug-likeness (QED) is 0.495. The maximum absolute atomic E-state index is 6.09. The van der Waals surface area contributed by atoms with Crippen LogP contribution in [0.3, 0.4) is 0 Å². The van der Waals surface area contributed by atoms with Crippen molar-refractivity contribution >= 4 is 33.2 Å². The van der Waals surface area contributed by atoms with Gasteiger partial charge in [-0.1, -0.05) is 50.6 Å². The van der Waals surface area contributed by atoms with Crippen LogP contribution >= 0.6 is 27.5 Å². The molecule has 1 aromatic carbocycles. The summed E-state index contributed by atoms with van der Waals surface area (Å²) in [6, 6.07) is 3.79. The molecule has 0 aromatic heterocycles. The number of unbranched alkanes of at least 4 members (excludes halogenated alkanes) is 5. The number of nitrogens with one attached hydrogen (secondary N) is 1. The van der Waals surface area contributed by atoms with Crippen molar-refractivity contribution in [3.05, 3.63) is 21.6 Å². The molecule has 1 aromatic rings. The Morgan fingerprint density at radius 3 is 2.50 bits per heavy atom. The fourth-order valence-corrected chi connectivity index (χ4v) is 3.04. The topological polar surface area (TPSA) is 21.3 Å². The summed E-state index contributed by atoms with van der Waals surface area (Å²) in [7, 11) is 0. The third-order valence-corrected chi connectivity index (χ3v) is 3.95. The molecule has 0 radical (unpaired) electrons. The van der Waals surface area contributed by atoms with Gasteiger partial charge in [-0.15, -0.1) is 0 Å². The van der Waals surface area contributed by atoms with Crippen LogP contribution in [0.15, 0.2) is 16.6 Å². The fraction of sp³-hybridized carbons (Fsp3) is 0.625. The van der Waals surface area contributed by atoms with Crippen LogP contribution in [0.2, 0.25) is 5.02 Å². The molecule has 0 amide bonds. The molecular weight excluding hydrogens is 338 g/mol. The van der Waals surface area contributed by atoms with E-state index in [-0.39, 0.29) is 0 Å². The van der Waals surface area contributed by atoms with Crippen molar-refractivity contribution in [1.82, 2.24) is 0 Å². The van der Waals surface area contributed by atoms with Crippen LogP contribution in [0.5, 0.6) is 5.75 Å². The summed E-state index contributed by atoms with van der Waals surface area (Å²) in [5.41, 5.74) is 0.972. The molecule has 0 saturated heterocycles. The zero-order valence-electron chi connectivity index (χ0n) is 12.5. The van der Waals surface area contributed by atoms with Crippen molar-refractivity contribution in [2.24, 2.45) is 0 Å². The van der Waals surface area contributed by atoms with E-state index in [4.69, 9.17) is 16.3 Å². The summed E-state index contributed by atoms with van der Waals surface area (Å²) in [5.74, 6) is 0.850. The summed E-state index contributed by atoms with van der Waals surface area (Å²) >= 11 is 9.59. The molecule has 0 heterocycles. The highest BCUT2D eigenvalue weighted by Crippen LogP contribution is 2.36. The van der Waals surface area contributed by atoms with Gasteiger partial charge in [-0.3, -0.25) is 0 Å². The zero-order chi connectivity index (χ0) is 14.8.